The fourth-order valence-corrected chi connectivity index (χ4v) is 1.83. The van der Waals surface area contributed by atoms with Gasteiger partial charge in [-0.3, -0.25) is 10.1 Å². The Morgan fingerprint density at radius 1 is 1.33 bits per heavy atom. The van der Waals surface area contributed by atoms with Gasteiger partial charge in [0.1, 0.15) is 6.29 Å². The van der Waals surface area contributed by atoms with Gasteiger partial charge >= 0.3 is 0 Å². The highest BCUT2D eigenvalue weighted by Crippen LogP contribution is 2.20. The molecule has 0 spiro atoms. The van der Waals surface area contributed by atoms with Crippen LogP contribution in [0.1, 0.15) is 46.0 Å². The number of nitrogens with zero attached hydrogens (tertiary/aromatic N) is 1. The van der Waals surface area contributed by atoms with E-state index in [4.69, 9.17) is 0 Å². The van der Waals surface area contributed by atoms with Gasteiger partial charge in [0, 0.05) is 16.8 Å². The second-order valence-corrected chi connectivity index (χ2v) is 3.98. The van der Waals surface area contributed by atoms with Crippen LogP contribution >= 0.6 is 0 Å². The van der Waals surface area contributed by atoms with E-state index in [2.05, 4.69) is 6.92 Å². The normalized spacial score (nSPS) is 14.5. The van der Waals surface area contributed by atoms with Crippen molar-refractivity contribution in [1.82, 2.24) is 0 Å². The van der Waals surface area contributed by atoms with Gasteiger partial charge in [0.05, 0.1) is 0 Å². The highest BCUT2D eigenvalue weighted by Gasteiger charge is 2.23. The first-order valence-electron chi connectivity index (χ1n) is 5.72. The van der Waals surface area contributed by atoms with E-state index in [0.29, 0.717) is 6.42 Å². The van der Waals surface area contributed by atoms with Gasteiger partial charge in [0.15, 0.2) is 0 Å². The van der Waals surface area contributed by atoms with Gasteiger partial charge in [-0.1, -0.05) is 33.1 Å². The molecular weight excluding hydrogens is 194 g/mol. The van der Waals surface area contributed by atoms with E-state index in [1.54, 1.807) is 0 Å². The largest absolute Gasteiger partial charge is 0.303 e. The number of unbranched alkanes of at least 4 members (excludes halogenated alkanes) is 2. The van der Waals surface area contributed by atoms with Crippen molar-refractivity contribution in [2.24, 2.45) is 11.8 Å². The summed E-state index contributed by atoms with van der Waals surface area (Å²) in [5.41, 5.74) is 0. The SMILES string of the molecule is CCCCC[C@@H](C[N+](=O)[O-])[C@@H](C=O)CC. The minimum absolute atomic E-state index is 0.0685. The Balaban J connectivity index is 4.15. The Morgan fingerprint density at radius 3 is 2.40 bits per heavy atom. The van der Waals surface area contributed by atoms with Crippen molar-refractivity contribution in [1.29, 1.82) is 0 Å². The monoisotopic (exact) mass is 215 g/mol. The van der Waals surface area contributed by atoms with Crippen molar-refractivity contribution in [3.05, 3.63) is 10.1 Å². The molecule has 88 valence electrons. The van der Waals surface area contributed by atoms with Gasteiger partial charge in [0.2, 0.25) is 6.54 Å². The smallest absolute Gasteiger partial charge is 0.207 e. The van der Waals surface area contributed by atoms with Crippen LogP contribution in [0.5, 0.6) is 0 Å². The van der Waals surface area contributed by atoms with Crippen LogP contribution in [0.2, 0.25) is 0 Å². The van der Waals surface area contributed by atoms with Crippen LogP contribution in [0.4, 0.5) is 0 Å². The zero-order chi connectivity index (χ0) is 11.7. The third kappa shape index (κ3) is 6.20. The van der Waals surface area contributed by atoms with Gasteiger partial charge in [-0.2, -0.15) is 0 Å². The van der Waals surface area contributed by atoms with Crippen LogP contribution in [-0.4, -0.2) is 17.8 Å². The molecule has 0 unspecified atom stereocenters. The Hall–Kier alpha value is -0.930. The van der Waals surface area contributed by atoms with E-state index in [1.807, 2.05) is 6.92 Å². The molecule has 2 atom stereocenters. The van der Waals surface area contributed by atoms with Crippen molar-refractivity contribution in [2.75, 3.05) is 6.54 Å². The molecule has 0 bridgehead atoms. The summed E-state index contributed by atoms with van der Waals surface area (Å²) in [6, 6.07) is 0. The number of hydrogen-bond donors (Lipinski definition) is 0. The Morgan fingerprint density at radius 2 is 2.00 bits per heavy atom. The second-order valence-electron chi connectivity index (χ2n) is 3.98. The molecular formula is C11H21NO3. The number of nitro groups is 1. The number of aldehydes is 1. The van der Waals surface area contributed by atoms with Crippen LogP contribution in [0.25, 0.3) is 0 Å². The molecule has 0 saturated heterocycles. The van der Waals surface area contributed by atoms with Gasteiger partial charge in [-0.15, -0.1) is 0 Å². The maximum atomic E-state index is 10.8. The van der Waals surface area contributed by atoms with Gasteiger partial charge in [-0.05, 0) is 12.8 Å². The topological polar surface area (TPSA) is 60.2 Å². The Labute approximate surface area is 91.2 Å². The molecule has 0 rings (SSSR count). The quantitative estimate of drug-likeness (QED) is 0.257. The summed E-state index contributed by atoms with van der Waals surface area (Å²) in [7, 11) is 0. The summed E-state index contributed by atoms with van der Waals surface area (Å²) in [5.74, 6) is -0.221. The van der Waals surface area contributed by atoms with E-state index in [1.165, 1.54) is 0 Å². The lowest BCUT2D eigenvalue weighted by atomic mass is 9.87. The lowest BCUT2D eigenvalue weighted by molar-refractivity contribution is -0.489. The lowest BCUT2D eigenvalue weighted by Gasteiger charge is -2.17. The molecule has 0 heterocycles. The van der Waals surface area contributed by atoms with Crippen LogP contribution in [-0.2, 0) is 4.79 Å². The molecule has 4 nitrogen and oxygen atoms in total. The lowest BCUT2D eigenvalue weighted by Crippen LogP contribution is -2.23. The average molecular weight is 215 g/mol. The first kappa shape index (κ1) is 14.1. The molecule has 0 N–H and O–H groups in total. The van der Waals surface area contributed by atoms with E-state index < -0.39 is 0 Å². The molecule has 0 amide bonds. The first-order valence-corrected chi connectivity index (χ1v) is 5.72. The van der Waals surface area contributed by atoms with Crippen molar-refractivity contribution < 1.29 is 9.72 Å². The summed E-state index contributed by atoms with van der Waals surface area (Å²) in [5, 5.41) is 10.5. The highest BCUT2D eigenvalue weighted by molar-refractivity contribution is 5.53. The maximum absolute atomic E-state index is 10.8. The Bertz CT molecular complexity index is 194. The fraction of sp³-hybridized carbons (Fsp3) is 0.909. The molecule has 0 saturated carbocycles. The van der Waals surface area contributed by atoms with Gasteiger partial charge in [-0.25, -0.2) is 0 Å². The number of rotatable bonds is 9. The molecule has 0 aliphatic rings. The molecule has 0 aromatic heterocycles. The summed E-state index contributed by atoms with van der Waals surface area (Å²) in [6.07, 6.45) is 5.55. The predicted molar refractivity (Wildman–Crippen MR) is 59.3 cm³/mol. The molecule has 0 aliphatic heterocycles. The highest BCUT2D eigenvalue weighted by atomic mass is 16.6. The average Bonchev–Trinajstić information content (AvgIpc) is 2.19. The van der Waals surface area contributed by atoms with Gasteiger partial charge in [0.25, 0.3) is 0 Å². The van der Waals surface area contributed by atoms with E-state index >= 15 is 0 Å². The third-order valence-electron chi connectivity index (χ3n) is 2.81. The Kier molecular flexibility index (Phi) is 7.86. The molecule has 15 heavy (non-hydrogen) atoms. The second kappa shape index (κ2) is 8.38. The molecule has 0 aromatic carbocycles. The van der Waals surface area contributed by atoms with Crippen molar-refractivity contribution in [3.63, 3.8) is 0 Å². The number of carbonyl (C=O) groups is 1. The predicted octanol–water partition coefficient (Wildman–Crippen LogP) is 2.68. The summed E-state index contributed by atoms with van der Waals surface area (Å²) < 4.78 is 0. The minimum Gasteiger partial charge on any atom is -0.303 e. The van der Waals surface area contributed by atoms with E-state index in [-0.39, 0.29) is 23.3 Å². The number of hydrogen-bond acceptors (Lipinski definition) is 3. The molecule has 0 aliphatic carbocycles. The van der Waals surface area contributed by atoms with Crippen LogP contribution < -0.4 is 0 Å². The number of carbonyl (C=O) groups excluding carboxylic acids is 1. The fourth-order valence-electron chi connectivity index (χ4n) is 1.83. The summed E-state index contributed by atoms with van der Waals surface area (Å²) in [4.78, 5) is 20.9. The van der Waals surface area contributed by atoms with Crippen LogP contribution in [0.15, 0.2) is 0 Å². The molecule has 0 fully saturated rings. The molecule has 4 heteroatoms. The van der Waals surface area contributed by atoms with Crippen LogP contribution in [0.3, 0.4) is 0 Å². The van der Waals surface area contributed by atoms with Gasteiger partial charge < -0.3 is 4.79 Å². The van der Waals surface area contributed by atoms with E-state index in [9.17, 15) is 14.9 Å². The van der Waals surface area contributed by atoms with Crippen molar-refractivity contribution in [3.8, 4) is 0 Å². The summed E-state index contributed by atoms with van der Waals surface area (Å²) >= 11 is 0. The molecule has 0 radical (unpaired) electrons. The first-order chi connectivity index (χ1) is 7.15. The van der Waals surface area contributed by atoms with E-state index in [0.717, 1.165) is 32.0 Å². The maximum Gasteiger partial charge on any atom is 0.207 e. The minimum atomic E-state index is -0.303. The summed E-state index contributed by atoms with van der Waals surface area (Å²) in [6.45, 7) is 3.94. The zero-order valence-corrected chi connectivity index (χ0v) is 9.65. The van der Waals surface area contributed by atoms with Crippen molar-refractivity contribution >= 4 is 6.29 Å². The molecule has 0 aromatic rings. The van der Waals surface area contributed by atoms with Crippen LogP contribution in [0, 0.1) is 22.0 Å². The standard InChI is InChI=1S/C11H21NO3/c1-3-5-6-7-11(8-12(14)15)10(4-2)9-13/h9-11H,3-8H2,1-2H3/t10-,11+/m1/s1. The third-order valence-corrected chi connectivity index (χ3v) is 2.81. The van der Waals surface area contributed by atoms with Crippen molar-refractivity contribution in [2.45, 2.75) is 46.0 Å². The zero-order valence-electron chi connectivity index (χ0n) is 9.65.